The van der Waals surface area contributed by atoms with Crippen LogP contribution < -0.4 is 0 Å². The Balaban J connectivity index is 1.97. The molecule has 0 radical (unpaired) electrons. The summed E-state index contributed by atoms with van der Waals surface area (Å²) in [6.07, 6.45) is 5.32. The van der Waals surface area contributed by atoms with Gasteiger partial charge in [-0.1, -0.05) is 18.2 Å². The maximum Gasteiger partial charge on any atom is 0.337 e. The minimum atomic E-state index is -0.894. The van der Waals surface area contributed by atoms with Crippen LogP contribution in [0.2, 0.25) is 0 Å². The van der Waals surface area contributed by atoms with Crippen molar-refractivity contribution in [1.82, 2.24) is 14.3 Å². The number of para-hydroxylation sites is 1. The fourth-order valence-electron chi connectivity index (χ4n) is 2.25. The Kier molecular flexibility index (Phi) is 2.79. The molecule has 5 heteroatoms. The number of carboxylic acid groups (broad SMARTS) is 1. The van der Waals surface area contributed by atoms with Gasteiger partial charge in [0.15, 0.2) is 0 Å². The average molecular weight is 255 g/mol. The summed E-state index contributed by atoms with van der Waals surface area (Å²) in [5.74, 6) is -0.894. The van der Waals surface area contributed by atoms with Crippen molar-refractivity contribution in [3.63, 3.8) is 0 Å². The normalized spacial score (nSPS) is 10.9. The number of nitrogens with zero attached hydrogens (tertiary/aromatic N) is 3. The SMILES string of the molecule is O=C(O)c1cn(CCn2cccn2)c2ccccc12. The monoisotopic (exact) mass is 255 g/mol. The second-order valence-corrected chi connectivity index (χ2v) is 4.33. The highest BCUT2D eigenvalue weighted by atomic mass is 16.4. The summed E-state index contributed by atoms with van der Waals surface area (Å²) in [7, 11) is 0. The van der Waals surface area contributed by atoms with Gasteiger partial charge in [-0.15, -0.1) is 0 Å². The first-order valence-electron chi connectivity index (χ1n) is 6.04. The molecule has 3 rings (SSSR count). The number of rotatable bonds is 4. The van der Waals surface area contributed by atoms with Crippen LogP contribution in [0, 0.1) is 0 Å². The lowest BCUT2D eigenvalue weighted by Gasteiger charge is -2.05. The Morgan fingerprint density at radius 3 is 2.79 bits per heavy atom. The molecule has 2 heterocycles. The van der Waals surface area contributed by atoms with Crippen LogP contribution in [-0.2, 0) is 13.1 Å². The van der Waals surface area contributed by atoms with E-state index in [1.807, 2.05) is 45.8 Å². The number of aromatic nitrogens is 3. The lowest BCUT2D eigenvalue weighted by molar-refractivity contribution is 0.0699. The van der Waals surface area contributed by atoms with Crippen LogP contribution in [0.4, 0.5) is 0 Å². The lowest BCUT2D eigenvalue weighted by Crippen LogP contribution is -2.06. The van der Waals surface area contributed by atoms with Crippen LogP contribution in [-0.4, -0.2) is 25.4 Å². The second-order valence-electron chi connectivity index (χ2n) is 4.33. The summed E-state index contributed by atoms with van der Waals surface area (Å²) in [4.78, 5) is 11.2. The van der Waals surface area contributed by atoms with Gasteiger partial charge in [-0.05, 0) is 12.1 Å². The van der Waals surface area contributed by atoms with E-state index in [1.54, 1.807) is 12.4 Å². The van der Waals surface area contributed by atoms with E-state index in [-0.39, 0.29) is 0 Å². The van der Waals surface area contributed by atoms with E-state index in [0.29, 0.717) is 18.7 Å². The van der Waals surface area contributed by atoms with Crippen LogP contribution in [0.15, 0.2) is 48.9 Å². The largest absolute Gasteiger partial charge is 0.478 e. The zero-order valence-corrected chi connectivity index (χ0v) is 10.2. The summed E-state index contributed by atoms with van der Waals surface area (Å²) < 4.78 is 3.79. The Morgan fingerprint density at radius 1 is 1.21 bits per heavy atom. The topological polar surface area (TPSA) is 60.0 Å². The van der Waals surface area contributed by atoms with Gasteiger partial charge >= 0.3 is 5.97 Å². The predicted octanol–water partition coefficient (Wildman–Crippen LogP) is 2.24. The van der Waals surface area contributed by atoms with Gasteiger partial charge in [-0.3, -0.25) is 4.68 Å². The maximum atomic E-state index is 11.2. The van der Waals surface area contributed by atoms with Crippen LogP contribution in [0.5, 0.6) is 0 Å². The van der Waals surface area contributed by atoms with E-state index in [9.17, 15) is 9.90 Å². The van der Waals surface area contributed by atoms with Gasteiger partial charge in [0.25, 0.3) is 0 Å². The fraction of sp³-hybridized carbons (Fsp3) is 0.143. The third-order valence-corrected chi connectivity index (χ3v) is 3.15. The highest BCUT2D eigenvalue weighted by Crippen LogP contribution is 2.21. The molecule has 0 unspecified atom stereocenters. The van der Waals surface area contributed by atoms with Crippen molar-refractivity contribution in [2.45, 2.75) is 13.1 Å². The van der Waals surface area contributed by atoms with E-state index in [0.717, 1.165) is 10.9 Å². The highest BCUT2D eigenvalue weighted by molar-refractivity contribution is 6.03. The molecular formula is C14H13N3O2. The van der Waals surface area contributed by atoms with Crippen molar-refractivity contribution in [2.75, 3.05) is 0 Å². The Hall–Kier alpha value is -2.56. The molecule has 5 nitrogen and oxygen atoms in total. The minimum absolute atomic E-state index is 0.344. The molecule has 1 aromatic carbocycles. The molecule has 2 aromatic heterocycles. The summed E-state index contributed by atoms with van der Waals surface area (Å²) in [6, 6.07) is 9.41. The van der Waals surface area contributed by atoms with Gasteiger partial charge in [0.2, 0.25) is 0 Å². The average Bonchev–Trinajstić information content (AvgIpc) is 3.04. The third-order valence-electron chi connectivity index (χ3n) is 3.15. The molecule has 19 heavy (non-hydrogen) atoms. The van der Waals surface area contributed by atoms with Gasteiger partial charge in [0, 0.05) is 36.0 Å². The summed E-state index contributed by atoms with van der Waals surface area (Å²) >= 11 is 0. The standard InChI is InChI=1S/C14H13N3O2/c18-14(19)12-10-16(8-9-17-7-3-6-15-17)13-5-2-1-4-11(12)13/h1-7,10H,8-9H2,(H,18,19). The van der Waals surface area contributed by atoms with Crippen molar-refractivity contribution < 1.29 is 9.90 Å². The zero-order valence-electron chi connectivity index (χ0n) is 10.2. The molecule has 0 aliphatic rings. The molecule has 0 spiro atoms. The number of carboxylic acids is 1. The number of carbonyl (C=O) groups is 1. The van der Waals surface area contributed by atoms with Gasteiger partial charge in [-0.25, -0.2) is 4.79 Å². The van der Waals surface area contributed by atoms with Crippen LogP contribution in [0.1, 0.15) is 10.4 Å². The molecular weight excluding hydrogens is 242 g/mol. The maximum absolute atomic E-state index is 11.2. The van der Waals surface area contributed by atoms with Crippen LogP contribution in [0.25, 0.3) is 10.9 Å². The fourth-order valence-corrected chi connectivity index (χ4v) is 2.25. The third kappa shape index (κ3) is 2.10. The number of benzene rings is 1. The lowest BCUT2D eigenvalue weighted by atomic mass is 10.2. The van der Waals surface area contributed by atoms with Gasteiger partial charge in [0.05, 0.1) is 12.1 Å². The predicted molar refractivity (Wildman–Crippen MR) is 71.1 cm³/mol. The van der Waals surface area contributed by atoms with Gasteiger partial charge in [0.1, 0.15) is 0 Å². The number of aromatic carboxylic acids is 1. The van der Waals surface area contributed by atoms with Crippen LogP contribution in [0.3, 0.4) is 0 Å². The quantitative estimate of drug-likeness (QED) is 0.777. The number of hydrogen-bond acceptors (Lipinski definition) is 2. The first-order valence-corrected chi connectivity index (χ1v) is 6.04. The number of aryl methyl sites for hydroxylation is 2. The molecule has 96 valence electrons. The Bertz CT molecular complexity index is 713. The first kappa shape index (κ1) is 11.5. The van der Waals surface area contributed by atoms with Crippen molar-refractivity contribution in [1.29, 1.82) is 0 Å². The molecule has 0 aliphatic heterocycles. The molecule has 0 fully saturated rings. The van der Waals surface area contributed by atoms with E-state index in [1.165, 1.54) is 0 Å². The van der Waals surface area contributed by atoms with Gasteiger partial charge in [-0.2, -0.15) is 5.10 Å². The van der Waals surface area contributed by atoms with Crippen molar-refractivity contribution >= 4 is 16.9 Å². The Morgan fingerprint density at radius 2 is 2.05 bits per heavy atom. The molecule has 1 N–H and O–H groups in total. The molecule has 0 saturated heterocycles. The van der Waals surface area contributed by atoms with Crippen LogP contribution >= 0.6 is 0 Å². The molecule has 3 aromatic rings. The van der Waals surface area contributed by atoms with Gasteiger partial charge < -0.3 is 9.67 Å². The zero-order chi connectivity index (χ0) is 13.2. The molecule has 0 saturated carbocycles. The van der Waals surface area contributed by atoms with E-state index in [4.69, 9.17) is 0 Å². The molecule has 0 atom stereocenters. The second kappa shape index (κ2) is 4.61. The highest BCUT2D eigenvalue weighted by Gasteiger charge is 2.13. The summed E-state index contributed by atoms with van der Waals surface area (Å²) in [6.45, 7) is 1.40. The first-order chi connectivity index (χ1) is 9.25. The van der Waals surface area contributed by atoms with E-state index >= 15 is 0 Å². The molecule has 0 aliphatic carbocycles. The van der Waals surface area contributed by atoms with E-state index < -0.39 is 5.97 Å². The van der Waals surface area contributed by atoms with Crippen molar-refractivity contribution in [3.8, 4) is 0 Å². The van der Waals surface area contributed by atoms with Crippen molar-refractivity contribution in [2.24, 2.45) is 0 Å². The summed E-state index contributed by atoms with van der Waals surface area (Å²) in [5, 5.41) is 14.1. The Labute approximate surface area is 109 Å². The summed E-state index contributed by atoms with van der Waals surface area (Å²) in [5.41, 5.74) is 1.28. The molecule has 0 bridgehead atoms. The minimum Gasteiger partial charge on any atom is -0.478 e. The van der Waals surface area contributed by atoms with Crippen molar-refractivity contribution in [3.05, 3.63) is 54.5 Å². The number of hydrogen-bond donors (Lipinski definition) is 1. The number of fused-ring (bicyclic) bond motifs is 1. The van der Waals surface area contributed by atoms with E-state index in [2.05, 4.69) is 5.10 Å². The molecule has 0 amide bonds. The smallest absolute Gasteiger partial charge is 0.337 e.